The molecule has 2 aliphatic rings. The van der Waals surface area contributed by atoms with Crippen molar-refractivity contribution in [2.24, 2.45) is 0 Å². The second-order valence-corrected chi connectivity index (χ2v) is 9.58. The molecule has 0 aliphatic carbocycles. The first-order valence-corrected chi connectivity index (χ1v) is 12.7. The SMILES string of the molecule is Nc1cccc(-c2nc3n(c2-c2ccnc(N4CCOC(COc5ccccc5)C4)n2)CCS3)c1. The molecule has 9 heteroatoms. The Morgan fingerprint density at radius 3 is 2.86 bits per heavy atom. The third-order valence-corrected chi connectivity index (χ3v) is 7.08. The van der Waals surface area contributed by atoms with Crippen molar-refractivity contribution in [3.05, 3.63) is 66.9 Å². The van der Waals surface area contributed by atoms with Crippen LogP contribution in [0, 0.1) is 0 Å². The number of nitrogen functional groups attached to an aromatic ring is 1. The monoisotopic (exact) mass is 486 g/mol. The molecule has 1 fully saturated rings. The van der Waals surface area contributed by atoms with Crippen LogP contribution in [0.25, 0.3) is 22.6 Å². The number of nitrogens with two attached hydrogens (primary N) is 1. The van der Waals surface area contributed by atoms with E-state index in [0.29, 0.717) is 25.7 Å². The Morgan fingerprint density at radius 1 is 1.06 bits per heavy atom. The van der Waals surface area contributed by atoms with Crippen LogP contribution in [-0.2, 0) is 11.3 Å². The molecule has 35 heavy (non-hydrogen) atoms. The zero-order valence-corrected chi connectivity index (χ0v) is 20.0. The fourth-order valence-corrected chi connectivity index (χ4v) is 5.42. The minimum atomic E-state index is -0.0605. The van der Waals surface area contributed by atoms with Crippen LogP contribution in [0.15, 0.2) is 72.0 Å². The van der Waals surface area contributed by atoms with Crippen LogP contribution in [0.3, 0.4) is 0 Å². The zero-order chi connectivity index (χ0) is 23.6. The molecule has 0 saturated carbocycles. The summed E-state index contributed by atoms with van der Waals surface area (Å²) >= 11 is 1.77. The van der Waals surface area contributed by atoms with Gasteiger partial charge in [-0.1, -0.05) is 42.1 Å². The molecule has 1 saturated heterocycles. The molecule has 1 atom stereocenters. The molecule has 2 N–H and O–H groups in total. The summed E-state index contributed by atoms with van der Waals surface area (Å²) in [7, 11) is 0. The van der Waals surface area contributed by atoms with E-state index in [1.165, 1.54) is 0 Å². The van der Waals surface area contributed by atoms with Crippen molar-refractivity contribution in [3.8, 4) is 28.4 Å². The van der Waals surface area contributed by atoms with Gasteiger partial charge in [-0.05, 0) is 30.3 Å². The van der Waals surface area contributed by atoms with Gasteiger partial charge in [0.1, 0.15) is 18.5 Å². The van der Waals surface area contributed by atoms with Gasteiger partial charge in [-0.15, -0.1) is 0 Å². The average molecular weight is 487 g/mol. The van der Waals surface area contributed by atoms with Gasteiger partial charge in [0, 0.05) is 36.3 Å². The summed E-state index contributed by atoms with van der Waals surface area (Å²) in [5.41, 5.74) is 10.6. The number of anilines is 2. The molecule has 2 aromatic heterocycles. The Morgan fingerprint density at radius 2 is 1.97 bits per heavy atom. The number of nitrogens with zero attached hydrogens (tertiary/aromatic N) is 5. The van der Waals surface area contributed by atoms with Gasteiger partial charge >= 0.3 is 0 Å². The van der Waals surface area contributed by atoms with Gasteiger partial charge in [-0.3, -0.25) is 0 Å². The van der Waals surface area contributed by atoms with Crippen molar-refractivity contribution in [3.63, 3.8) is 0 Å². The van der Waals surface area contributed by atoms with E-state index in [1.807, 2.05) is 66.9 Å². The van der Waals surface area contributed by atoms with Crippen LogP contribution >= 0.6 is 11.8 Å². The molecule has 8 nitrogen and oxygen atoms in total. The van der Waals surface area contributed by atoms with Gasteiger partial charge in [-0.25, -0.2) is 15.0 Å². The number of ether oxygens (including phenoxy) is 2. The summed E-state index contributed by atoms with van der Waals surface area (Å²) in [5.74, 6) is 2.54. The van der Waals surface area contributed by atoms with Crippen molar-refractivity contribution < 1.29 is 9.47 Å². The molecular weight excluding hydrogens is 460 g/mol. The summed E-state index contributed by atoms with van der Waals surface area (Å²) in [6, 6.07) is 19.6. The van der Waals surface area contributed by atoms with Gasteiger partial charge in [0.15, 0.2) is 5.16 Å². The zero-order valence-electron chi connectivity index (χ0n) is 19.2. The van der Waals surface area contributed by atoms with Crippen molar-refractivity contribution in [2.45, 2.75) is 17.8 Å². The van der Waals surface area contributed by atoms with Crippen molar-refractivity contribution in [1.82, 2.24) is 19.5 Å². The topological polar surface area (TPSA) is 91.3 Å². The van der Waals surface area contributed by atoms with Gasteiger partial charge in [0.25, 0.3) is 0 Å². The number of para-hydroxylation sites is 1. The molecule has 0 radical (unpaired) electrons. The van der Waals surface area contributed by atoms with Gasteiger partial charge in [-0.2, -0.15) is 0 Å². The summed E-state index contributed by atoms with van der Waals surface area (Å²) < 4.78 is 14.1. The van der Waals surface area contributed by atoms with E-state index < -0.39 is 0 Å². The maximum Gasteiger partial charge on any atom is 0.226 e. The largest absolute Gasteiger partial charge is 0.491 e. The molecule has 1 unspecified atom stereocenters. The number of imidazole rings is 1. The smallest absolute Gasteiger partial charge is 0.226 e. The lowest BCUT2D eigenvalue weighted by Gasteiger charge is -2.32. The Balaban J connectivity index is 1.27. The summed E-state index contributed by atoms with van der Waals surface area (Å²) in [4.78, 5) is 16.7. The van der Waals surface area contributed by atoms with E-state index >= 15 is 0 Å². The fourth-order valence-electron chi connectivity index (χ4n) is 4.47. The standard InChI is InChI=1S/C26H26N6O2S/c27-19-6-4-5-18(15-19)23-24(32-12-14-35-26(32)30-23)22-9-10-28-25(29-22)31-11-13-33-21(16-31)17-34-20-7-2-1-3-8-20/h1-10,15,21H,11-14,16-17,27H2. The number of hydrogen-bond acceptors (Lipinski definition) is 8. The fraction of sp³-hybridized carbons (Fsp3) is 0.269. The number of rotatable bonds is 6. The molecule has 4 heterocycles. The molecule has 0 bridgehead atoms. The highest BCUT2D eigenvalue weighted by Crippen LogP contribution is 2.39. The first kappa shape index (κ1) is 21.9. The quantitative estimate of drug-likeness (QED) is 0.409. The molecule has 0 amide bonds. The highest BCUT2D eigenvalue weighted by Gasteiger charge is 2.27. The van der Waals surface area contributed by atoms with Gasteiger partial charge in [0.05, 0.1) is 30.2 Å². The van der Waals surface area contributed by atoms with Crippen LogP contribution in [0.5, 0.6) is 5.75 Å². The molecule has 2 aliphatic heterocycles. The van der Waals surface area contributed by atoms with Crippen LogP contribution in [0.4, 0.5) is 11.6 Å². The Labute approximate surface area is 208 Å². The Hall–Kier alpha value is -3.56. The molecule has 2 aromatic carbocycles. The van der Waals surface area contributed by atoms with E-state index in [9.17, 15) is 0 Å². The van der Waals surface area contributed by atoms with E-state index in [0.717, 1.165) is 58.1 Å². The van der Waals surface area contributed by atoms with Crippen molar-refractivity contribution in [1.29, 1.82) is 0 Å². The molecule has 6 rings (SSSR count). The number of fused-ring (bicyclic) bond motifs is 1. The molecular formula is C26H26N6O2S. The molecule has 0 spiro atoms. The molecule has 4 aromatic rings. The predicted molar refractivity (Wildman–Crippen MR) is 138 cm³/mol. The van der Waals surface area contributed by atoms with Gasteiger partial charge in [0.2, 0.25) is 5.95 Å². The number of aromatic nitrogens is 4. The van der Waals surface area contributed by atoms with Crippen LogP contribution in [0.1, 0.15) is 0 Å². The predicted octanol–water partition coefficient (Wildman–Crippen LogP) is 3.98. The van der Waals surface area contributed by atoms with Gasteiger partial charge < -0.3 is 24.7 Å². The van der Waals surface area contributed by atoms with E-state index in [4.69, 9.17) is 25.2 Å². The lowest BCUT2D eigenvalue weighted by atomic mass is 10.1. The number of hydrogen-bond donors (Lipinski definition) is 1. The second kappa shape index (κ2) is 9.59. The minimum absolute atomic E-state index is 0.0605. The summed E-state index contributed by atoms with van der Waals surface area (Å²) in [6.45, 7) is 3.38. The van der Waals surface area contributed by atoms with E-state index in [1.54, 1.807) is 11.8 Å². The van der Waals surface area contributed by atoms with Crippen LogP contribution in [0.2, 0.25) is 0 Å². The van der Waals surface area contributed by atoms with Crippen LogP contribution in [-0.4, -0.2) is 57.7 Å². The van der Waals surface area contributed by atoms with Crippen LogP contribution < -0.4 is 15.4 Å². The highest BCUT2D eigenvalue weighted by molar-refractivity contribution is 7.99. The van der Waals surface area contributed by atoms with E-state index in [-0.39, 0.29) is 6.10 Å². The Bertz CT molecular complexity index is 1330. The Kier molecular flexibility index (Phi) is 6.01. The lowest BCUT2D eigenvalue weighted by molar-refractivity contribution is 0.00982. The summed E-state index contributed by atoms with van der Waals surface area (Å²) in [5, 5.41) is 1.02. The second-order valence-electron chi connectivity index (χ2n) is 8.52. The maximum absolute atomic E-state index is 6.08. The summed E-state index contributed by atoms with van der Waals surface area (Å²) in [6.07, 6.45) is 1.77. The van der Waals surface area contributed by atoms with Crippen molar-refractivity contribution in [2.75, 3.05) is 42.7 Å². The number of benzene rings is 2. The highest BCUT2D eigenvalue weighted by atomic mass is 32.2. The number of thioether (sulfide) groups is 1. The van der Waals surface area contributed by atoms with E-state index in [2.05, 4.69) is 14.5 Å². The third kappa shape index (κ3) is 4.56. The minimum Gasteiger partial charge on any atom is -0.491 e. The van der Waals surface area contributed by atoms with Crippen molar-refractivity contribution >= 4 is 23.4 Å². The third-order valence-electron chi connectivity index (χ3n) is 6.12. The lowest BCUT2D eigenvalue weighted by Crippen LogP contribution is -2.45. The average Bonchev–Trinajstić information content (AvgIpc) is 3.50. The first-order chi connectivity index (χ1) is 17.2. The maximum atomic E-state index is 6.08. The number of morpholine rings is 1. The molecule has 178 valence electrons. The normalized spacial score (nSPS) is 17.4. The first-order valence-electron chi connectivity index (χ1n) is 11.7.